The Morgan fingerprint density at radius 2 is 1.86 bits per heavy atom. The van der Waals surface area contributed by atoms with Crippen molar-refractivity contribution < 1.29 is 23.0 Å². The highest BCUT2D eigenvalue weighted by Crippen LogP contribution is 2.34. The number of halogens is 3. The lowest BCUT2D eigenvalue weighted by Gasteiger charge is -2.22. The Labute approximate surface area is 223 Å². The molecule has 1 amide bonds. The number of alkyl halides is 2. The Morgan fingerprint density at radius 3 is 2.51 bits per heavy atom. The van der Waals surface area contributed by atoms with Gasteiger partial charge in [0.1, 0.15) is 6.04 Å². The molecular formula is C27H35ClF2N4O3. The van der Waals surface area contributed by atoms with Crippen molar-refractivity contribution >= 4 is 35.9 Å². The average Bonchev–Trinajstić information content (AvgIpc) is 3.58. The van der Waals surface area contributed by atoms with Crippen molar-refractivity contribution in [2.24, 2.45) is 11.0 Å². The Morgan fingerprint density at radius 1 is 1.14 bits per heavy atom. The van der Waals surface area contributed by atoms with E-state index >= 15 is 0 Å². The van der Waals surface area contributed by atoms with Crippen LogP contribution in [0.15, 0.2) is 47.6 Å². The second-order valence-electron chi connectivity index (χ2n) is 9.11. The normalized spacial score (nSPS) is 17.1. The molecule has 4 rings (SSSR count). The molecule has 2 aliphatic rings. The third-order valence-corrected chi connectivity index (χ3v) is 6.50. The van der Waals surface area contributed by atoms with Gasteiger partial charge < -0.3 is 19.7 Å². The molecule has 2 aromatic carbocycles. The molecule has 1 heterocycles. The zero-order valence-electron chi connectivity index (χ0n) is 21.2. The molecule has 2 aromatic rings. The molecule has 7 nitrogen and oxygen atoms in total. The first kappa shape index (κ1) is 28.5. The summed E-state index contributed by atoms with van der Waals surface area (Å²) in [5.41, 5.74) is 2.55. The molecule has 37 heavy (non-hydrogen) atoms. The van der Waals surface area contributed by atoms with Crippen LogP contribution in [0.25, 0.3) is 0 Å². The summed E-state index contributed by atoms with van der Waals surface area (Å²) in [7, 11) is 0. The van der Waals surface area contributed by atoms with Gasteiger partial charge in [0.2, 0.25) is 5.91 Å². The fourth-order valence-electron chi connectivity index (χ4n) is 4.27. The van der Waals surface area contributed by atoms with Crippen molar-refractivity contribution in [2.45, 2.75) is 52.2 Å². The lowest BCUT2D eigenvalue weighted by molar-refractivity contribution is -0.120. The van der Waals surface area contributed by atoms with Crippen molar-refractivity contribution in [2.75, 3.05) is 36.5 Å². The fraction of sp³-hybridized carbons (Fsp3) is 0.481. The Bertz CT molecular complexity index is 1050. The highest BCUT2D eigenvalue weighted by Gasteiger charge is 2.30. The number of anilines is 2. The van der Waals surface area contributed by atoms with Gasteiger partial charge >= 0.3 is 6.61 Å². The van der Waals surface area contributed by atoms with Crippen molar-refractivity contribution in [3.05, 3.63) is 48.0 Å². The predicted octanol–water partition coefficient (Wildman–Crippen LogP) is 5.78. The number of ether oxygens (including phenoxy) is 2. The van der Waals surface area contributed by atoms with Crippen molar-refractivity contribution in [3.63, 3.8) is 0 Å². The summed E-state index contributed by atoms with van der Waals surface area (Å²) < 4.78 is 35.9. The number of hydrogen-bond acceptors (Lipinski definition) is 6. The number of nitrogens with one attached hydrogen (secondary N) is 1. The molecule has 1 N–H and O–H groups in total. The summed E-state index contributed by atoms with van der Waals surface area (Å²) in [5.74, 6) is 0.650. The van der Waals surface area contributed by atoms with E-state index in [0.717, 1.165) is 43.7 Å². The molecule has 1 aliphatic heterocycles. The molecule has 0 bridgehead atoms. The summed E-state index contributed by atoms with van der Waals surface area (Å²) >= 11 is 0. The van der Waals surface area contributed by atoms with E-state index in [1.54, 1.807) is 23.4 Å². The summed E-state index contributed by atoms with van der Waals surface area (Å²) in [5, 5.41) is 9.31. The van der Waals surface area contributed by atoms with Gasteiger partial charge in [-0.1, -0.05) is 0 Å². The van der Waals surface area contributed by atoms with Crippen molar-refractivity contribution in [1.82, 2.24) is 5.01 Å². The largest absolute Gasteiger partial charge is 0.489 e. The fourth-order valence-corrected chi connectivity index (χ4v) is 4.27. The van der Waals surface area contributed by atoms with Gasteiger partial charge in [-0.15, -0.1) is 12.4 Å². The minimum atomic E-state index is -2.93. The predicted molar refractivity (Wildman–Crippen MR) is 144 cm³/mol. The van der Waals surface area contributed by atoms with Gasteiger partial charge in [-0.2, -0.15) is 13.9 Å². The first-order chi connectivity index (χ1) is 17.5. The van der Waals surface area contributed by atoms with Crippen LogP contribution in [0.1, 0.15) is 45.1 Å². The molecule has 0 radical (unpaired) electrons. The monoisotopic (exact) mass is 536 g/mol. The van der Waals surface area contributed by atoms with Gasteiger partial charge in [-0.3, -0.25) is 9.80 Å². The third-order valence-electron chi connectivity index (χ3n) is 6.50. The smallest absolute Gasteiger partial charge is 0.387 e. The first-order valence-electron chi connectivity index (χ1n) is 12.6. The van der Waals surface area contributed by atoms with Crippen LogP contribution in [-0.2, 0) is 4.79 Å². The van der Waals surface area contributed by atoms with E-state index < -0.39 is 6.61 Å². The third kappa shape index (κ3) is 7.95. The zero-order valence-corrected chi connectivity index (χ0v) is 22.1. The lowest BCUT2D eigenvalue weighted by atomic mass is 10.2. The quantitative estimate of drug-likeness (QED) is 0.348. The van der Waals surface area contributed by atoms with E-state index in [9.17, 15) is 13.6 Å². The van der Waals surface area contributed by atoms with E-state index in [2.05, 4.69) is 33.9 Å². The van der Waals surface area contributed by atoms with Gasteiger partial charge in [0.15, 0.2) is 11.5 Å². The minimum absolute atomic E-state index is 0. The van der Waals surface area contributed by atoms with E-state index in [-0.39, 0.29) is 35.9 Å². The number of carbonyl (C=O) groups is 1. The van der Waals surface area contributed by atoms with Crippen molar-refractivity contribution in [3.8, 4) is 11.5 Å². The summed E-state index contributed by atoms with van der Waals surface area (Å²) in [6, 6.07) is 12.2. The number of carbonyl (C=O) groups excluding carboxylic acids is 1. The minimum Gasteiger partial charge on any atom is -0.489 e. The van der Waals surface area contributed by atoms with Crippen LogP contribution in [0.5, 0.6) is 11.5 Å². The number of rotatable bonds is 12. The van der Waals surface area contributed by atoms with E-state index in [1.165, 1.54) is 6.07 Å². The molecule has 10 heteroatoms. The number of benzene rings is 2. The maximum absolute atomic E-state index is 13.0. The van der Waals surface area contributed by atoms with Gasteiger partial charge in [-0.25, -0.2) is 0 Å². The Balaban J connectivity index is 0.00000380. The Kier molecular flexibility index (Phi) is 10.4. The molecule has 2 fully saturated rings. The van der Waals surface area contributed by atoms with Gasteiger partial charge in [-0.05, 0) is 93.5 Å². The first-order valence-corrected chi connectivity index (χ1v) is 12.6. The Hall–Kier alpha value is -3.07. The van der Waals surface area contributed by atoms with Crippen LogP contribution >= 0.6 is 12.4 Å². The summed E-state index contributed by atoms with van der Waals surface area (Å²) in [4.78, 5) is 15.2. The van der Waals surface area contributed by atoms with Crippen LogP contribution in [0.2, 0.25) is 0 Å². The van der Waals surface area contributed by atoms with Crippen molar-refractivity contribution in [1.29, 1.82) is 0 Å². The molecule has 1 saturated heterocycles. The highest BCUT2D eigenvalue weighted by molar-refractivity contribution is 5.95. The van der Waals surface area contributed by atoms with E-state index in [0.29, 0.717) is 31.1 Å². The molecule has 0 aromatic heterocycles. The molecule has 0 spiro atoms. The molecule has 1 saturated carbocycles. The van der Waals surface area contributed by atoms with Gasteiger partial charge in [0.05, 0.1) is 12.8 Å². The number of nitrogens with zero attached hydrogens (tertiary/aromatic N) is 3. The summed E-state index contributed by atoms with van der Waals surface area (Å²) in [6.45, 7) is 4.28. The van der Waals surface area contributed by atoms with E-state index in [4.69, 9.17) is 4.74 Å². The molecule has 202 valence electrons. The topological polar surface area (TPSA) is 66.4 Å². The lowest BCUT2D eigenvalue weighted by Crippen LogP contribution is -2.36. The zero-order chi connectivity index (χ0) is 25.5. The molecule has 1 atom stereocenters. The SMILES string of the molecule is CCN(CC)c1ccc(NC(=O)[C@@H]2CCCN2/N=C/c2ccc(OC(F)F)c(OCC3CC3)c2)cc1.Cl. The molecular weight excluding hydrogens is 502 g/mol. The number of amides is 1. The average molecular weight is 537 g/mol. The number of hydrazone groups is 1. The van der Waals surface area contributed by atoms with Gasteiger partial charge in [0, 0.05) is 31.0 Å². The maximum atomic E-state index is 13.0. The van der Waals surface area contributed by atoms with Crippen LogP contribution in [0, 0.1) is 5.92 Å². The van der Waals surface area contributed by atoms with Crippen LogP contribution in [0.4, 0.5) is 20.2 Å². The van der Waals surface area contributed by atoms with Gasteiger partial charge in [0.25, 0.3) is 0 Å². The van der Waals surface area contributed by atoms with Crippen LogP contribution in [0.3, 0.4) is 0 Å². The van der Waals surface area contributed by atoms with E-state index in [1.807, 2.05) is 24.3 Å². The summed E-state index contributed by atoms with van der Waals surface area (Å²) in [6.07, 6.45) is 5.36. The molecule has 0 unspecified atom stereocenters. The number of hydrogen-bond donors (Lipinski definition) is 1. The molecule has 1 aliphatic carbocycles. The van der Waals surface area contributed by atoms with Crippen LogP contribution in [-0.4, -0.2) is 56.0 Å². The second kappa shape index (κ2) is 13.5. The highest BCUT2D eigenvalue weighted by atomic mass is 35.5. The maximum Gasteiger partial charge on any atom is 0.387 e. The van der Waals surface area contributed by atoms with Crippen LogP contribution < -0.4 is 19.7 Å². The second-order valence-corrected chi connectivity index (χ2v) is 9.11. The standard InChI is InChI=1S/C27H34F2N4O3.ClH/c1-3-32(4-2)22-12-10-21(11-13-22)31-26(34)23-6-5-15-33(23)30-17-20-9-14-24(36-27(28)29)25(16-20)35-18-19-7-8-19;/h9-14,16-17,19,23,27H,3-8,15,18H2,1-2H3,(H,31,34);1H/b30-17+;/t23-;/m0./s1.